The summed E-state index contributed by atoms with van der Waals surface area (Å²) in [5.74, 6) is -0.326. The van der Waals surface area contributed by atoms with Crippen LogP contribution in [0.3, 0.4) is 0 Å². The Labute approximate surface area is 112 Å². The number of hydrogen-bond donors (Lipinski definition) is 1. The van der Waals surface area contributed by atoms with Gasteiger partial charge in [-0.3, -0.25) is 9.69 Å². The van der Waals surface area contributed by atoms with Crippen LogP contribution in [0.15, 0.2) is 24.3 Å². The lowest BCUT2D eigenvalue weighted by Gasteiger charge is -2.21. The second-order valence-electron chi connectivity index (χ2n) is 4.67. The lowest BCUT2D eigenvalue weighted by molar-refractivity contribution is -0.146. The molecule has 0 amide bonds. The molecule has 0 radical (unpaired) electrons. The van der Waals surface area contributed by atoms with Gasteiger partial charge in [-0.2, -0.15) is 5.26 Å². The average molecular weight is 260 g/mol. The third-order valence-corrected chi connectivity index (χ3v) is 3.30. The van der Waals surface area contributed by atoms with Crippen LogP contribution in [-0.2, 0) is 16.1 Å². The second kappa shape index (κ2) is 5.83. The van der Waals surface area contributed by atoms with Crippen molar-refractivity contribution in [2.45, 2.75) is 25.1 Å². The first-order chi connectivity index (χ1) is 9.13. The normalized spacial score (nSPS) is 23.0. The zero-order valence-corrected chi connectivity index (χ0v) is 10.7. The Kier molecular flexibility index (Phi) is 4.15. The van der Waals surface area contributed by atoms with Crippen LogP contribution in [0, 0.1) is 11.3 Å². The van der Waals surface area contributed by atoms with Gasteiger partial charge in [0.05, 0.1) is 24.8 Å². The van der Waals surface area contributed by atoms with Gasteiger partial charge in [-0.1, -0.05) is 12.1 Å². The molecule has 1 aliphatic rings. The van der Waals surface area contributed by atoms with E-state index in [1.807, 2.05) is 17.0 Å². The highest BCUT2D eigenvalue weighted by atomic mass is 16.5. The fourth-order valence-electron chi connectivity index (χ4n) is 2.41. The lowest BCUT2D eigenvalue weighted by Crippen LogP contribution is -2.36. The summed E-state index contributed by atoms with van der Waals surface area (Å²) in [4.78, 5) is 13.5. The van der Waals surface area contributed by atoms with E-state index in [9.17, 15) is 9.90 Å². The second-order valence-corrected chi connectivity index (χ2v) is 4.67. The van der Waals surface area contributed by atoms with Crippen molar-refractivity contribution in [2.75, 3.05) is 13.7 Å². The van der Waals surface area contributed by atoms with Gasteiger partial charge in [0.2, 0.25) is 0 Å². The van der Waals surface area contributed by atoms with Gasteiger partial charge >= 0.3 is 5.97 Å². The molecule has 0 aliphatic carbocycles. The van der Waals surface area contributed by atoms with Gasteiger partial charge in [-0.15, -0.1) is 0 Å². The number of esters is 1. The van der Waals surface area contributed by atoms with Gasteiger partial charge in [-0.25, -0.2) is 0 Å². The molecule has 1 aromatic rings. The SMILES string of the molecule is COC(=O)C1CC(O)CN1Cc1cccc(C#N)c1. The van der Waals surface area contributed by atoms with E-state index in [1.54, 1.807) is 12.1 Å². The van der Waals surface area contributed by atoms with Crippen LogP contribution in [0.4, 0.5) is 0 Å². The Morgan fingerprint density at radius 3 is 3.11 bits per heavy atom. The van der Waals surface area contributed by atoms with Crippen LogP contribution in [0.25, 0.3) is 0 Å². The summed E-state index contributed by atoms with van der Waals surface area (Å²) in [5.41, 5.74) is 1.54. The maximum Gasteiger partial charge on any atom is 0.323 e. The van der Waals surface area contributed by atoms with Gasteiger partial charge in [0, 0.05) is 19.5 Å². The molecule has 19 heavy (non-hydrogen) atoms. The van der Waals surface area contributed by atoms with Gasteiger partial charge in [0.25, 0.3) is 0 Å². The number of methoxy groups -OCH3 is 1. The summed E-state index contributed by atoms with van der Waals surface area (Å²) in [6, 6.07) is 8.92. The number of carbonyl (C=O) groups is 1. The highest BCUT2D eigenvalue weighted by Crippen LogP contribution is 2.21. The summed E-state index contributed by atoms with van der Waals surface area (Å²) < 4.78 is 4.75. The molecule has 100 valence electrons. The molecular formula is C14H16N2O3. The van der Waals surface area contributed by atoms with Crippen molar-refractivity contribution in [3.63, 3.8) is 0 Å². The van der Waals surface area contributed by atoms with Gasteiger partial charge in [-0.05, 0) is 17.7 Å². The van der Waals surface area contributed by atoms with E-state index in [-0.39, 0.29) is 5.97 Å². The number of aliphatic hydroxyl groups is 1. The van der Waals surface area contributed by atoms with Crippen molar-refractivity contribution in [3.05, 3.63) is 35.4 Å². The fraction of sp³-hybridized carbons (Fsp3) is 0.429. The largest absolute Gasteiger partial charge is 0.468 e. The number of hydrogen-bond acceptors (Lipinski definition) is 5. The van der Waals surface area contributed by atoms with Gasteiger partial charge < -0.3 is 9.84 Å². The number of nitriles is 1. The molecule has 1 aromatic carbocycles. The lowest BCUT2D eigenvalue weighted by atomic mass is 10.1. The summed E-state index contributed by atoms with van der Waals surface area (Å²) in [6.07, 6.45) is -0.117. The highest BCUT2D eigenvalue weighted by Gasteiger charge is 2.36. The van der Waals surface area contributed by atoms with Gasteiger partial charge in [0.1, 0.15) is 6.04 Å². The maximum atomic E-state index is 11.7. The monoisotopic (exact) mass is 260 g/mol. The molecular weight excluding hydrogens is 244 g/mol. The Morgan fingerprint density at radius 2 is 2.42 bits per heavy atom. The third kappa shape index (κ3) is 3.11. The topological polar surface area (TPSA) is 73.6 Å². The van der Waals surface area contributed by atoms with E-state index in [4.69, 9.17) is 10.00 Å². The number of β-amino-alcohol motifs (C(OH)–C–C–N with tert-alkyl or cyclic N) is 1. The zero-order valence-electron chi connectivity index (χ0n) is 10.7. The van der Waals surface area contributed by atoms with Crippen molar-refractivity contribution in [1.29, 1.82) is 5.26 Å². The van der Waals surface area contributed by atoms with Crippen LogP contribution < -0.4 is 0 Å². The van der Waals surface area contributed by atoms with E-state index < -0.39 is 12.1 Å². The standard InChI is InChI=1S/C14H16N2O3/c1-19-14(18)13-6-12(17)9-16(13)8-11-4-2-3-10(5-11)7-15/h2-5,12-13,17H,6,8-9H2,1H3. The first-order valence-corrected chi connectivity index (χ1v) is 6.13. The van der Waals surface area contributed by atoms with E-state index in [0.29, 0.717) is 25.1 Å². The van der Waals surface area contributed by atoms with Crippen LogP contribution in [0.5, 0.6) is 0 Å². The molecule has 0 spiro atoms. The van der Waals surface area contributed by atoms with E-state index in [1.165, 1.54) is 7.11 Å². The van der Waals surface area contributed by atoms with E-state index in [2.05, 4.69) is 6.07 Å². The van der Waals surface area contributed by atoms with Crippen molar-refractivity contribution >= 4 is 5.97 Å². The summed E-state index contributed by atoms with van der Waals surface area (Å²) in [5, 5.41) is 18.6. The summed E-state index contributed by atoms with van der Waals surface area (Å²) >= 11 is 0. The predicted molar refractivity (Wildman–Crippen MR) is 68.0 cm³/mol. The first kappa shape index (κ1) is 13.5. The van der Waals surface area contributed by atoms with Crippen molar-refractivity contribution in [2.24, 2.45) is 0 Å². The third-order valence-electron chi connectivity index (χ3n) is 3.30. The number of rotatable bonds is 3. The Bertz CT molecular complexity index is 510. The Balaban J connectivity index is 2.12. The molecule has 5 heteroatoms. The molecule has 1 saturated heterocycles. The number of ether oxygens (including phenoxy) is 1. The van der Waals surface area contributed by atoms with Crippen LogP contribution >= 0.6 is 0 Å². The quantitative estimate of drug-likeness (QED) is 0.808. The van der Waals surface area contributed by atoms with Gasteiger partial charge in [0.15, 0.2) is 0 Å². The van der Waals surface area contributed by atoms with E-state index in [0.717, 1.165) is 5.56 Å². The molecule has 2 unspecified atom stereocenters. The molecule has 1 aliphatic heterocycles. The Morgan fingerprint density at radius 1 is 1.63 bits per heavy atom. The number of nitrogens with zero attached hydrogens (tertiary/aromatic N) is 2. The molecule has 2 atom stereocenters. The molecule has 0 bridgehead atoms. The smallest absolute Gasteiger partial charge is 0.323 e. The molecule has 5 nitrogen and oxygen atoms in total. The average Bonchev–Trinajstić information content (AvgIpc) is 2.79. The number of aliphatic hydroxyl groups excluding tert-OH is 1. The van der Waals surface area contributed by atoms with Crippen molar-refractivity contribution < 1.29 is 14.6 Å². The van der Waals surface area contributed by atoms with Crippen LogP contribution in [0.2, 0.25) is 0 Å². The highest BCUT2D eigenvalue weighted by molar-refractivity contribution is 5.76. The molecule has 0 saturated carbocycles. The molecule has 1 fully saturated rings. The molecule has 1 heterocycles. The molecule has 0 aromatic heterocycles. The maximum absolute atomic E-state index is 11.7. The minimum atomic E-state index is -0.511. The first-order valence-electron chi connectivity index (χ1n) is 6.13. The van der Waals surface area contributed by atoms with Crippen LogP contribution in [-0.4, -0.2) is 41.8 Å². The predicted octanol–water partition coefficient (Wildman–Crippen LogP) is 0.666. The summed E-state index contributed by atoms with van der Waals surface area (Å²) in [6.45, 7) is 0.961. The van der Waals surface area contributed by atoms with Crippen LogP contribution in [0.1, 0.15) is 17.5 Å². The van der Waals surface area contributed by atoms with Crippen molar-refractivity contribution in [1.82, 2.24) is 4.90 Å². The molecule has 2 rings (SSSR count). The zero-order chi connectivity index (χ0) is 13.8. The Hall–Kier alpha value is -1.90. The number of carbonyl (C=O) groups excluding carboxylic acids is 1. The minimum absolute atomic E-state index is 0.326. The number of likely N-dealkylation sites (tertiary alicyclic amines) is 1. The fourth-order valence-corrected chi connectivity index (χ4v) is 2.41. The number of benzene rings is 1. The van der Waals surface area contributed by atoms with Crippen molar-refractivity contribution in [3.8, 4) is 6.07 Å². The molecule has 1 N–H and O–H groups in total. The minimum Gasteiger partial charge on any atom is -0.468 e. The van der Waals surface area contributed by atoms with E-state index >= 15 is 0 Å². The summed E-state index contributed by atoms with van der Waals surface area (Å²) in [7, 11) is 1.35.